The van der Waals surface area contributed by atoms with E-state index in [9.17, 15) is 14.9 Å². The maximum absolute atomic E-state index is 14.4. The zero-order valence-corrected chi connectivity index (χ0v) is 19.7. The molecule has 36 heavy (non-hydrogen) atoms. The summed E-state index contributed by atoms with van der Waals surface area (Å²) in [5.41, 5.74) is 8.09. The number of rotatable bonds is 3. The number of esters is 1. The molecule has 0 radical (unpaired) electrons. The largest absolute Gasteiger partial charge is 0.456 e. The highest BCUT2D eigenvalue weighted by Gasteiger charge is 2.63. The van der Waals surface area contributed by atoms with Crippen molar-refractivity contribution in [2.75, 3.05) is 16.4 Å². The Morgan fingerprint density at radius 2 is 1.78 bits per heavy atom. The lowest BCUT2D eigenvalue weighted by atomic mass is 9.67. The molecule has 0 fully saturated rings. The van der Waals surface area contributed by atoms with Gasteiger partial charge in [0.05, 0.1) is 23.4 Å². The Kier molecular flexibility index (Phi) is 4.88. The minimum absolute atomic E-state index is 0.0203. The summed E-state index contributed by atoms with van der Waals surface area (Å²) in [7, 11) is 0. The molecule has 3 aliphatic rings. The Hall–Kier alpha value is -4.54. The van der Waals surface area contributed by atoms with E-state index in [0.717, 1.165) is 5.56 Å². The second kappa shape index (κ2) is 8.01. The molecule has 1 amide bonds. The van der Waals surface area contributed by atoms with Crippen LogP contribution in [0.1, 0.15) is 11.1 Å². The fraction of sp³-hybridized carbons (Fsp3) is 0.107. The van der Waals surface area contributed by atoms with E-state index in [2.05, 4.69) is 6.07 Å². The Morgan fingerprint density at radius 3 is 2.53 bits per heavy atom. The third-order valence-electron chi connectivity index (χ3n) is 6.88. The van der Waals surface area contributed by atoms with Gasteiger partial charge >= 0.3 is 5.97 Å². The molecule has 0 saturated heterocycles. The van der Waals surface area contributed by atoms with E-state index in [4.69, 9.17) is 22.1 Å². The predicted molar refractivity (Wildman–Crippen MR) is 134 cm³/mol. The molecule has 1 unspecified atom stereocenters. The van der Waals surface area contributed by atoms with Gasteiger partial charge in [-0.05, 0) is 29.8 Å². The number of ether oxygens (including phenoxy) is 1. The molecular formula is C28H19ClN4O3. The average Bonchev–Trinajstić information content (AvgIpc) is 3.37. The topological polar surface area (TPSA) is 99.7 Å². The smallest absolute Gasteiger partial charge is 0.338 e. The Balaban J connectivity index is 1.63. The summed E-state index contributed by atoms with van der Waals surface area (Å²) in [6, 6.07) is 25.8. The third kappa shape index (κ3) is 2.85. The Bertz CT molecular complexity index is 1560. The van der Waals surface area contributed by atoms with Gasteiger partial charge in [0.1, 0.15) is 23.9 Å². The number of carbonyl (C=O) groups is 2. The highest BCUT2D eigenvalue weighted by atomic mass is 35.5. The molecule has 8 heteroatoms. The minimum atomic E-state index is -1.71. The number of para-hydroxylation sites is 1. The molecule has 7 nitrogen and oxygen atoms in total. The second-order valence-corrected chi connectivity index (χ2v) is 9.17. The molecule has 176 valence electrons. The van der Waals surface area contributed by atoms with Crippen molar-refractivity contribution in [3.05, 3.63) is 118 Å². The molecule has 3 aliphatic heterocycles. The minimum Gasteiger partial charge on any atom is -0.456 e. The number of benzene rings is 3. The molecular weight excluding hydrogens is 476 g/mol. The quantitative estimate of drug-likeness (QED) is 0.549. The molecule has 3 aromatic rings. The molecule has 1 spiro atoms. The van der Waals surface area contributed by atoms with Gasteiger partial charge in [0, 0.05) is 22.0 Å². The van der Waals surface area contributed by atoms with E-state index >= 15 is 0 Å². The van der Waals surface area contributed by atoms with Crippen LogP contribution in [0.3, 0.4) is 0 Å². The van der Waals surface area contributed by atoms with Crippen molar-refractivity contribution in [2.24, 2.45) is 5.73 Å². The molecule has 3 heterocycles. The maximum atomic E-state index is 14.4. The molecule has 3 aromatic carbocycles. The van der Waals surface area contributed by atoms with Crippen LogP contribution in [-0.2, 0) is 26.3 Å². The maximum Gasteiger partial charge on any atom is 0.338 e. The van der Waals surface area contributed by atoms with E-state index < -0.39 is 17.3 Å². The molecule has 0 aliphatic carbocycles. The van der Waals surface area contributed by atoms with Gasteiger partial charge in [-0.3, -0.25) is 9.69 Å². The van der Waals surface area contributed by atoms with Crippen molar-refractivity contribution in [3.63, 3.8) is 0 Å². The Morgan fingerprint density at radius 1 is 1.03 bits per heavy atom. The average molecular weight is 495 g/mol. The van der Waals surface area contributed by atoms with Crippen LogP contribution in [0.25, 0.3) is 0 Å². The second-order valence-electron chi connectivity index (χ2n) is 8.73. The number of fused-ring (bicyclic) bond motifs is 3. The van der Waals surface area contributed by atoms with Crippen molar-refractivity contribution in [1.29, 1.82) is 5.26 Å². The lowest BCUT2D eigenvalue weighted by Gasteiger charge is -2.38. The van der Waals surface area contributed by atoms with Crippen LogP contribution < -0.4 is 15.5 Å². The van der Waals surface area contributed by atoms with E-state index in [1.165, 1.54) is 0 Å². The Labute approximate surface area is 212 Å². The van der Waals surface area contributed by atoms with E-state index in [1.807, 2.05) is 42.5 Å². The van der Waals surface area contributed by atoms with Gasteiger partial charge in [-0.1, -0.05) is 66.2 Å². The van der Waals surface area contributed by atoms with Crippen molar-refractivity contribution in [1.82, 2.24) is 0 Å². The van der Waals surface area contributed by atoms with Gasteiger partial charge in [-0.15, -0.1) is 0 Å². The van der Waals surface area contributed by atoms with Gasteiger partial charge in [0.15, 0.2) is 0 Å². The van der Waals surface area contributed by atoms with Gasteiger partial charge in [-0.2, -0.15) is 5.26 Å². The number of nitrogens with two attached hydrogens (primary N) is 1. The molecule has 6 rings (SSSR count). The van der Waals surface area contributed by atoms with E-state index in [1.54, 1.807) is 46.2 Å². The lowest BCUT2D eigenvalue weighted by molar-refractivity contribution is -0.137. The van der Waals surface area contributed by atoms with Gasteiger partial charge in [0.2, 0.25) is 5.91 Å². The van der Waals surface area contributed by atoms with E-state index in [-0.39, 0.29) is 30.1 Å². The number of hydrogen-bond acceptors (Lipinski definition) is 6. The zero-order chi connectivity index (χ0) is 25.0. The summed E-state index contributed by atoms with van der Waals surface area (Å²) < 4.78 is 5.48. The van der Waals surface area contributed by atoms with Crippen LogP contribution in [0.4, 0.5) is 11.4 Å². The van der Waals surface area contributed by atoms with Crippen molar-refractivity contribution >= 4 is 34.9 Å². The molecule has 1 atom stereocenters. The fourth-order valence-electron chi connectivity index (χ4n) is 5.43. The number of nitriles is 1. The summed E-state index contributed by atoms with van der Waals surface area (Å²) in [4.78, 5) is 31.0. The fourth-order valence-corrected chi connectivity index (χ4v) is 5.61. The SMILES string of the molecule is N#CC1=C(N)N(c2cccc(Cl)c2)C2=C(C(=O)OC2)C12C(=O)N(Cc1ccccc1)c1ccccc12. The first-order valence-corrected chi connectivity index (χ1v) is 11.7. The molecule has 0 aromatic heterocycles. The van der Waals surface area contributed by atoms with Crippen LogP contribution in [0.5, 0.6) is 0 Å². The first kappa shape index (κ1) is 22.0. The molecule has 2 N–H and O–H groups in total. The summed E-state index contributed by atoms with van der Waals surface area (Å²) in [5, 5.41) is 10.9. The van der Waals surface area contributed by atoms with Crippen molar-refractivity contribution in [2.45, 2.75) is 12.0 Å². The highest BCUT2D eigenvalue weighted by molar-refractivity contribution is 6.30. The number of amides is 1. The van der Waals surface area contributed by atoms with Crippen LogP contribution >= 0.6 is 11.6 Å². The number of halogens is 1. The van der Waals surface area contributed by atoms with Gasteiger partial charge < -0.3 is 15.4 Å². The normalized spacial score (nSPS) is 20.6. The summed E-state index contributed by atoms with van der Waals surface area (Å²) >= 11 is 6.24. The number of carbonyl (C=O) groups excluding carboxylic acids is 2. The number of hydrogen-bond donors (Lipinski definition) is 1. The number of nitrogens with zero attached hydrogens (tertiary/aromatic N) is 3. The van der Waals surface area contributed by atoms with Crippen LogP contribution in [0, 0.1) is 11.3 Å². The number of cyclic esters (lactones) is 1. The zero-order valence-electron chi connectivity index (χ0n) is 18.9. The first-order valence-electron chi connectivity index (χ1n) is 11.3. The third-order valence-corrected chi connectivity index (χ3v) is 7.11. The summed E-state index contributed by atoms with van der Waals surface area (Å²) in [6.07, 6.45) is 0. The predicted octanol–water partition coefficient (Wildman–Crippen LogP) is 4.15. The lowest BCUT2D eigenvalue weighted by Crippen LogP contribution is -2.50. The number of anilines is 2. The highest BCUT2D eigenvalue weighted by Crippen LogP contribution is 2.56. The standard InChI is InChI=1S/C28H19ClN4O3/c29-18-9-6-10-19(13-18)33-23-16-36-26(34)24(23)28(21(14-30)25(33)31)20-11-4-5-12-22(20)32(27(28)35)15-17-7-2-1-3-8-17/h1-13H,15-16,31H2. The van der Waals surface area contributed by atoms with Gasteiger partial charge in [0.25, 0.3) is 0 Å². The van der Waals surface area contributed by atoms with Crippen molar-refractivity contribution in [3.8, 4) is 6.07 Å². The van der Waals surface area contributed by atoms with E-state index in [0.29, 0.717) is 27.7 Å². The molecule has 0 saturated carbocycles. The monoisotopic (exact) mass is 494 g/mol. The van der Waals surface area contributed by atoms with Crippen LogP contribution in [0.2, 0.25) is 5.02 Å². The van der Waals surface area contributed by atoms with Crippen LogP contribution in [-0.4, -0.2) is 18.5 Å². The van der Waals surface area contributed by atoms with Crippen molar-refractivity contribution < 1.29 is 14.3 Å². The summed E-state index contributed by atoms with van der Waals surface area (Å²) in [6.45, 7) is 0.183. The van der Waals surface area contributed by atoms with Gasteiger partial charge in [-0.25, -0.2) is 4.79 Å². The van der Waals surface area contributed by atoms with Crippen LogP contribution in [0.15, 0.2) is 102 Å². The molecule has 0 bridgehead atoms. The summed E-state index contributed by atoms with van der Waals surface area (Å²) in [5.74, 6) is -1.01. The first-order chi connectivity index (χ1) is 17.5.